The van der Waals surface area contributed by atoms with E-state index in [1.165, 1.54) is 23.8 Å². The summed E-state index contributed by atoms with van der Waals surface area (Å²) >= 11 is 1.40. The Labute approximate surface area is 76.6 Å². The van der Waals surface area contributed by atoms with Gasteiger partial charge in [-0.1, -0.05) is 52.0 Å². The number of halogens is 1. The first kappa shape index (κ1) is 174. The van der Waals surface area contributed by atoms with Gasteiger partial charge < -0.3 is 0 Å². The fourth-order valence-corrected chi connectivity index (χ4v) is 0. The standard InChI is InChI=1S/7CH4.HI/h7*1H4;1H/i/hD. The van der Waals surface area contributed by atoms with E-state index in [1.807, 2.05) is 0 Å². The average Bonchev–Trinajstić information content (AvgIpc) is 1.00. The van der Waals surface area contributed by atoms with E-state index in [-0.39, 0.29) is 52.0 Å². The Bertz CT molecular complexity index is 8.88. The second-order valence-electron chi connectivity index (χ2n) is 0. The van der Waals surface area contributed by atoms with Crippen LogP contribution >= 0.6 is 23.8 Å². The Hall–Kier alpha value is 0.730. The van der Waals surface area contributed by atoms with Crippen LogP contribution in [0.2, 0.25) is 0 Å². The third-order valence-electron chi connectivity index (χ3n) is 0. The number of hydrogen-bond acceptors (Lipinski definition) is 0. The van der Waals surface area contributed by atoms with Crippen LogP contribution in [0.4, 0.5) is 0 Å². The maximum absolute atomic E-state index is 5.72. The molecule has 0 saturated carbocycles. The summed E-state index contributed by atoms with van der Waals surface area (Å²) in [6.07, 6.45) is 0. The number of hydrogen-bond donors (Lipinski definition) is 0. The summed E-state index contributed by atoms with van der Waals surface area (Å²) in [5.41, 5.74) is 0. The van der Waals surface area contributed by atoms with Crippen molar-refractivity contribution >= 4 is 23.8 Å². The molecule has 0 atom stereocenters. The van der Waals surface area contributed by atoms with E-state index in [9.17, 15) is 0 Å². The molecule has 0 spiro atoms. The molecule has 0 radical (unpaired) electrons. The molecule has 0 aliphatic rings. The summed E-state index contributed by atoms with van der Waals surface area (Å²) in [4.78, 5) is 0. The second-order valence-corrected chi connectivity index (χ2v) is 0. The minimum Gasteiger partial charge on any atom is -0.107 e. The van der Waals surface area contributed by atoms with Gasteiger partial charge in [0.25, 0.3) is 0 Å². The molecule has 0 aliphatic heterocycles. The normalized spacial score (nSPS) is 0.875. The van der Waals surface area contributed by atoms with Crippen LogP contribution in [0.1, 0.15) is 52.0 Å². The van der Waals surface area contributed by atoms with Gasteiger partial charge in [0.05, 0.1) is 0 Å². The third-order valence-corrected chi connectivity index (χ3v) is 0. The molecular formula is C7H29I. The Morgan fingerprint density at radius 2 is 0.500 bits per heavy atom. The summed E-state index contributed by atoms with van der Waals surface area (Å²) in [7, 11) is 0. The predicted octanol–water partition coefficient (Wildman–Crippen LogP) is 5.07. The molecule has 0 saturated heterocycles. The van der Waals surface area contributed by atoms with Crippen molar-refractivity contribution in [1.82, 2.24) is 0 Å². The highest BCUT2D eigenvalue weighted by molar-refractivity contribution is 14.0. The molecule has 0 rings (SSSR count). The van der Waals surface area contributed by atoms with Gasteiger partial charge >= 0.3 is 0 Å². The van der Waals surface area contributed by atoms with Crippen molar-refractivity contribution < 1.29 is 0 Å². The van der Waals surface area contributed by atoms with E-state index in [0.717, 1.165) is 0 Å². The minimum absolute atomic E-state index is 0. The lowest BCUT2D eigenvalue weighted by Gasteiger charge is -0.108. The van der Waals surface area contributed by atoms with Crippen molar-refractivity contribution in [2.45, 2.75) is 52.0 Å². The highest BCUT2D eigenvalue weighted by atomic mass is 127. The summed E-state index contributed by atoms with van der Waals surface area (Å²) in [5, 5.41) is 0. The van der Waals surface area contributed by atoms with Gasteiger partial charge in [-0.15, -0.1) is 23.8 Å². The van der Waals surface area contributed by atoms with Crippen molar-refractivity contribution in [3.05, 3.63) is 0 Å². The molecule has 64 valence electrons. The summed E-state index contributed by atoms with van der Waals surface area (Å²) in [6.45, 7) is 0. The Morgan fingerprint density at radius 3 is 0.500 bits per heavy atom. The topological polar surface area (TPSA) is 0 Å². The van der Waals surface area contributed by atoms with Gasteiger partial charge in [-0.3, -0.25) is 0 Å². The van der Waals surface area contributed by atoms with E-state index in [1.54, 1.807) is 0 Å². The Kier molecular flexibility index (Phi) is 14300. The Balaban J connectivity index is -0.000000000238. The van der Waals surface area contributed by atoms with E-state index in [4.69, 9.17) is 0.594 Å². The zero-order valence-electron chi connectivity index (χ0n) is 1.38. The molecular weight excluding hydrogens is 211 g/mol. The van der Waals surface area contributed by atoms with Gasteiger partial charge in [0, 0.05) is 0 Å². The van der Waals surface area contributed by atoms with E-state index < -0.39 is 0 Å². The predicted molar refractivity (Wildman–Crippen MR) is 62.5 cm³/mol. The maximum Gasteiger partial charge on any atom is 0.107 e. The fourth-order valence-electron chi connectivity index (χ4n) is 0. The molecule has 0 amide bonds. The first-order valence-corrected chi connectivity index (χ1v) is 0. The van der Waals surface area contributed by atoms with Crippen LogP contribution < -0.4 is 0 Å². The van der Waals surface area contributed by atoms with Gasteiger partial charge in [-0.25, -0.2) is 0 Å². The zero-order valence-corrected chi connectivity index (χ0v) is 2.54. The van der Waals surface area contributed by atoms with Gasteiger partial charge in [0.1, 0.15) is 0.594 Å². The average molecular weight is 241 g/mol. The molecule has 0 aromatic heterocycles. The largest absolute Gasteiger partial charge is 0.107 e. The molecule has 0 unspecified atom stereocenters. The monoisotopic (exact) mass is 241 g/mol. The van der Waals surface area contributed by atoms with Crippen LogP contribution in [0.25, 0.3) is 0 Å². The van der Waals surface area contributed by atoms with Crippen molar-refractivity contribution in [2.24, 2.45) is 0 Å². The molecule has 0 aromatic carbocycles. The Morgan fingerprint density at radius 1 is 0.500 bits per heavy atom. The molecule has 0 fully saturated rings. The zero-order chi connectivity index (χ0) is 2.00. The summed E-state index contributed by atoms with van der Waals surface area (Å²) < 4.78 is 5.72. The van der Waals surface area contributed by atoms with Gasteiger partial charge in [-0.05, 0) is 0 Å². The molecule has 0 bridgehead atoms. The smallest absolute Gasteiger partial charge is 0.107 e. The lowest BCUT2D eigenvalue weighted by molar-refractivity contribution is 2.50. The van der Waals surface area contributed by atoms with Crippen molar-refractivity contribution in [3.8, 4) is 0 Å². The highest BCUT2D eigenvalue weighted by Crippen LogP contribution is 0.886. The van der Waals surface area contributed by atoms with Crippen molar-refractivity contribution in [1.29, 1.82) is 0.594 Å². The molecule has 0 heterocycles. The lowest BCUT2D eigenvalue weighted by atomic mass is 12.0. The first-order chi connectivity index (χ1) is 1.00. The summed E-state index contributed by atoms with van der Waals surface area (Å²) in [6, 6.07) is 0. The fraction of sp³-hybridized carbons (Fsp3) is 1.00. The van der Waals surface area contributed by atoms with E-state index >= 15 is 0 Å². The van der Waals surface area contributed by atoms with Gasteiger partial charge in [0.2, 0.25) is 0 Å². The van der Waals surface area contributed by atoms with Crippen molar-refractivity contribution in [2.75, 3.05) is 0 Å². The van der Waals surface area contributed by atoms with E-state index in [2.05, 4.69) is 0 Å². The molecule has 0 aliphatic carbocycles. The van der Waals surface area contributed by atoms with Gasteiger partial charge in [-0.2, -0.15) is 0 Å². The second kappa shape index (κ2) is 657. The van der Waals surface area contributed by atoms with Gasteiger partial charge in [0.15, 0.2) is 0 Å². The van der Waals surface area contributed by atoms with Crippen LogP contribution in [0.5, 0.6) is 0 Å². The van der Waals surface area contributed by atoms with Crippen molar-refractivity contribution in [3.63, 3.8) is 0 Å². The molecule has 0 nitrogen and oxygen atoms in total. The SMILES string of the molecule is C.C.C.C.C.C.C.[2H]I. The van der Waals surface area contributed by atoms with Crippen LogP contribution in [-0.2, 0) is 0 Å². The summed E-state index contributed by atoms with van der Waals surface area (Å²) in [5.74, 6) is 0. The molecule has 0 N–H and O–H groups in total. The number of rotatable bonds is 0. The third kappa shape index (κ3) is 415. The quantitative estimate of drug-likeness (QED) is 0.519. The maximum atomic E-state index is 5.72. The van der Waals surface area contributed by atoms with Crippen LogP contribution in [0.3, 0.4) is 0 Å². The molecule has 0 aromatic rings. The minimum atomic E-state index is 0. The lowest BCUT2D eigenvalue weighted by Crippen LogP contribution is 0.143. The first-order valence-electron chi connectivity index (χ1n) is 0.378. The van der Waals surface area contributed by atoms with Crippen LogP contribution in [0, 0.1) is 0 Å². The van der Waals surface area contributed by atoms with E-state index in [0.29, 0.717) is 0 Å². The highest BCUT2D eigenvalue weighted by Gasteiger charge is -0.0714. The van der Waals surface area contributed by atoms with Crippen LogP contribution in [0.15, 0.2) is 0 Å². The molecule has 8 heavy (non-hydrogen) atoms. The van der Waals surface area contributed by atoms with Crippen LogP contribution in [-0.4, -0.2) is 0.594 Å². The molecule has 1 heteroatoms.